The summed E-state index contributed by atoms with van der Waals surface area (Å²) in [6.45, 7) is 7.38. The maximum atomic E-state index is 5.99. The highest BCUT2D eigenvalue weighted by Gasteiger charge is 2.11. The molecule has 0 aliphatic heterocycles. The Balaban J connectivity index is 2.76. The third kappa shape index (κ3) is 4.62. The van der Waals surface area contributed by atoms with Gasteiger partial charge in [-0.2, -0.15) is 0 Å². The molecule has 3 heteroatoms. The second kappa shape index (κ2) is 7.80. The maximum absolute atomic E-state index is 5.99. The van der Waals surface area contributed by atoms with Crippen LogP contribution in [0, 0.1) is 5.92 Å². The first-order chi connectivity index (χ1) is 8.58. The van der Waals surface area contributed by atoms with Crippen molar-refractivity contribution in [2.24, 2.45) is 5.92 Å². The first kappa shape index (κ1) is 15.5. The minimum absolute atomic E-state index is 0.301. The molecule has 1 N–H and O–H groups in total. The van der Waals surface area contributed by atoms with Crippen LogP contribution in [0.25, 0.3) is 0 Å². The van der Waals surface area contributed by atoms with E-state index in [1.807, 2.05) is 7.05 Å². The van der Waals surface area contributed by atoms with Crippen LogP contribution in [0.15, 0.2) is 22.7 Å². The summed E-state index contributed by atoms with van der Waals surface area (Å²) in [5.74, 6) is 1.58. The molecule has 0 amide bonds. The fraction of sp³-hybridized carbons (Fsp3) is 0.600. The van der Waals surface area contributed by atoms with Crippen molar-refractivity contribution in [3.63, 3.8) is 0 Å². The Hall–Kier alpha value is -0.540. The van der Waals surface area contributed by atoms with Crippen LogP contribution in [0.5, 0.6) is 5.75 Å². The van der Waals surface area contributed by atoms with Crippen molar-refractivity contribution in [2.45, 2.75) is 39.7 Å². The lowest BCUT2D eigenvalue weighted by Crippen LogP contribution is -2.15. The Morgan fingerprint density at radius 1 is 1.33 bits per heavy atom. The predicted molar refractivity (Wildman–Crippen MR) is 81.2 cm³/mol. The van der Waals surface area contributed by atoms with Gasteiger partial charge in [-0.1, -0.05) is 42.3 Å². The van der Waals surface area contributed by atoms with E-state index in [0.717, 1.165) is 16.8 Å². The second-order valence-electron chi connectivity index (χ2n) is 4.90. The molecule has 0 aliphatic carbocycles. The highest BCUT2D eigenvalue weighted by atomic mass is 79.9. The van der Waals surface area contributed by atoms with Crippen molar-refractivity contribution in [3.8, 4) is 5.75 Å². The first-order valence-corrected chi connectivity index (χ1v) is 7.47. The lowest BCUT2D eigenvalue weighted by Gasteiger charge is -2.19. The van der Waals surface area contributed by atoms with Crippen LogP contribution < -0.4 is 10.1 Å². The Morgan fingerprint density at radius 3 is 2.67 bits per heavy atom. The highest BCUT2D eigenvalue weighted by Crippen LogP contribution is 2.29. The monoisotopic (exact) mass is 313 g/mol. The van der Waals surface area contributed by atoms with Gasteiger partial charge in [0.25, 0.3) is 0 Å². The van der Waals surface area contributed by atoms with Crippen LogP contribution in [0.4, 0.5) is 0 Å². The quantitative estimate of drug-likeness (QED) is 0.797. The van der Waals surface area contributed by atoms with Crippen LogP contribution in [-0.2, 0) is 0 Å². The summed E-state index contributed by atoms with van der Waals surface area (Å²) in [5.41, 5.74) is 1.21. The molecule has 1 aromatic rings. The van der Waals surface area contributed by atoms with Crippen molar-refractivity contribution < 1.29 is 4.74 Å². The fourth-order valence-electron chi connectivity index (χ4n) is 1.95. The number of hydrogen-bond acceptors (Lipinski definition) is 2. The van der Waals surface area contributed by atoms with Crippen molar-refractivity contribution in [1.29, 1.82) is 0 Å². The molecule has 0 radical (unpaired) electrons. The molecule has 2 atom stereocenters. The zero-order chi connectivity index (χ0) is 13.5. The summed E-state index contributed by atoms with van der Waals surface area (Å²) in [6, 6.07) is 6.54. The van der Waals surface area contributed by atoms with Gasteiger partial charge in [0, 0.05) is 16.1 Å². The summed E-state index contributed by atoms with van der Waals surface area (Å²) >= 11 is 3.50. The van der Waals surface area contributed by atoms with E-state index in [9.17, 15) is 0 Å². The average Bonchev–Trinajstić information content (AvgIpc) is 2.36. The van der Waals surface area contributed by atoms with Gasteiger partial charge in [0.2, 0.25) is 0 Å². The van der Waals surface area contributed by atoms with Crippen LogP contribution in [0.3, 0.4) is 0 Å². The van der Waals surface area contributed by atoms with Crippen molar-refractivity contribution in [2.75, 3.05) is 13.7 Å². The molecule has 2 nitrogen and oxygen atoms in total. The molecule has 1 aromatic carbocycles. The largest absolute Gasteiger partial charge is 0.493 e. The van der Waals surface area contributed by atoms with Crippen molar-refractivity contribution >= 4 is 15.9 Å². The number of rotatable bonds is 7. The van der Waals surface area contributed by atoms with Gasteiger partial charge >= 0.3 is 0 Å². The van der Waals surface area contributed by atoms with E-state index < -0.39 is 0 Å². The summed E-state index contributed by atoms with van der Waals surface area (Å²) in [4.78, 5) is 0. The van der Waals surface area contributed by atoms with Crippen molar-refractivity contribution in [3.05, 3.63) is 28.2 Å². The lowest BCUT2D eigenvalue weighted by atomic mass is 10.1. The van der Waals surface area contributed by atoms with Gasteiger partial charge in [-0.3, -0.25) is 0 Å². The van der Waals surface area contributed by atoms with Gasteiger partial charge in [0.05, 0.1) is 6.61 Å². The second-order valence-corrected chi connectivity index (χ2v) is 5.81. The van der Waals surface area contributed by atoms with Crippen LogP contribution in [0.2, 0.25) is 0 Å². The summed E-state index contributed by atoms with van der Waals surface area (Å²) in [5, 5.41) is 3.26. The van der Waals surface area contributed by atoms with E-state index in [0.29, 0.717) is 12.0 Å². The molecule has 0 bridgehead atoms. The van der Waals surface area contributed by atoms with E-state index in [-0.39, 0.29) is 0 Å². The van der Waals surface area contributed by atoms with E-state index in [1.165, 1.54) is 18.4 Å². The molecule has 0 saturated carbocycles. The summed E-state index contributed by atoms with van der Waals surface area (Å²) in [7, 11) is 1.97. The van der Waals surface area contributed by atoms with Gasteiger partial charge in [-0.15, -0.1) is 0 Å². The number of hydrogen-bond donors (Lipinski definition) is 1. The Kier molecular flexibility index (Phi) is 6.72. The molecule has 1 rings (SSSR count). The highest BCUT2D eigenvalue weighted by molar-refractivity contribution is 9.10. The molecule has 0 spiro atoms. The fourth-order valence-corrected chi connectivity index (χ4v) is 2.29. The lowest BCUT2D eigenvalue weighted by molar-refractivity contribution is 0.248. The molecule has 0 fully saturated rings. The summed E-state index contributed by atoms with van der Waals surface area (Å²) in [6.07, 6.45) is 2.42. The van der Waals surface area contributed by atoms with Gasteiger partial charge in [-0.25, -0.2) is 0 Å². The zero-order valence-corrected chi connectivity index (χ0v) is 13.4. The first-order valence-electron chi connectivity index (χ1n) is 6.68. The van der Waals surface area contributed by atoms with Gasteiger partial charge in [-0.05, 0) is 38.4 Å². The van der Waals surface area contributed by atoms with Crippen LogP contribution in [0.1, 0.15) is 45.2 Å². The molecule has 102 valence electrons. The third-order valence-electron chi connectivity index (χ3n) is 3.18. The van der Waals surface area contributed by atoms with E-state index in [4.69, 9.17) is 4.74 Å². The normalized spacial score (nSPS) is 14.3. The number of benzene rings is 1. The van der Waals surface area contributed by atoms with Gasteiger partial charge in [0.1, 0.15) is 5.75 Å². The Labute approximate surface area is 119 Å². The molecular formula is C15H24BrNO. The smallest absolute Gasteiger partial charge is 0.125 e. The molecule has 0 saturated heterocycles. The Bertz CT molecular complexity index is 368. The standard InChI is InChI=1S/C15H24BrNO/c1-5-6-11(2)10-18-15-9-13(16)7-8-14(15)12(3)17-4/h7-9,11-12,17H,5-6,10H2,1-4H3. The number of halogens is 1. The topological polar surface area (TPSA) is 21.3 Å². The molecule has 0 aliphatic rings. The molecular weight excluding hydrogens is 290 g/mol. The number of nitrogens with one attached hydrogen (secondary N) is 1. The SMILES string of the molecule is CCCC(C)COc1cc(Br)ccc1C(C)NC. The minimum Gasteiger partial charge on any atom is -0.493 e. The van der Waals surface area contributed by atoms with Gasteiger partial charge in [0.15, 0.2) is 0 Å². The van der Waals surface area contributed by atoms with E-state index >= 15 is 0 Å². The molecule has 18 heavy (non-hydrogen) atoms. The van der Waals surface area contributed by atoms with Crippen molar-refractivity contribution in [1.82, 2.24) is 5.32 Å². The molecule has 0 aromatic heterocycles. The molecule has 0 heterocycles. The van der Waals surface area contributed by atoms with Crippen LogP contribution in [-0.4, -0.2) is 13.7 Å². The van der Waals surface area contributed by atoms with E-state index in [1.54, 1.807) is 0 Å². The minimum atomic E-state index is 0.301. The third-order valence-corrected chi connectivity index (χ3v) is 3.67. The zero-order valence-electron chi connectivity index (χ0n) is 11.8. The maximum Gasteiger partial charge on any atom is 0.125 e. The average molecular weight is 314 g/mol. The summed E-state index contributed by atoms with van der Waals surface area (Å²) < 4.78 is 7.05. The predicted octanol–water partition coefficient (Wildman–Crippen LogP) is 4.54. The van der Waals surface area contributed by atoms with Gasteiger partial charge < -0.3 is 10.1 Å². The van der Waals surface area contributed by atoms with Crippen LogP contribution >= 0.6 is 15.9 Å². The number of ether oxygens (including phenoxy) is 1. The van der Waals surface area contributed by atoms with E-state index in [2.05, 4.69) is 60.2 Å². The molecule has 2 unspecified atom stereocenters. The Morgan fingerprint density at radius 2 is 2.06 bits per heavy atom.